The van der Waals surface area contributed by atoms with Crippen LogP contribution in [0.3, 0.4) is 0 Å². The number of carbonyl (C=O) groups is 1. The number of amides is 1. The van der Waals surface area contributed by atoms with Crippen LogP contribution in [-0.4, -0.2) is 60.5 Å². The van der Waals surface area contributed by atoms with E-state index < -0.39 is 0 Å². The molecule has 80 valence electrons. The fourth-order valence-corrected chi connectivity index (χ4v) is 2.36. The zero-order valence-electron chi connectivity index (χ0n) is 9.21. The molecule has 2 heterocycles. The van der Waals surface area contributed by atoms with E-state index in [1.165, 1.54) is 0 Å². The summed E-state index contributed by atoms with van der Waals surface area (Å²) in [4.78, 5) is 16.1. The van der Waals surface area contributed by atoms with E-state index in [1.54, 1.807) is 0 Å². The van der Waals surface area contributed by atoms with Crippen LogP contribution >= 0.6 is 0 Å². The van der Waals surface area contributed by atoms with Gasteiger partial charge in [-0.15, -0.1) is 0 Å². The minimum absolute atomic E-state index is 0.246. The molecule has 0 radical (unpaired) electrons. The number of hydrogen-bond acceptors (Lipinski definition) is 3. The van der Waals surface area contributed by atoms with E-state index in [-0.39, 0.29) is 11.4 Å². The molecule has 0 bridgehead atoms. The van der Waals surface area contributed by atoms with Crippen molar-refractivity contribution < 1.29 is 4.79 Å². The van der Waals surface area contributed by atoms with Gasteiger partial charge in [0.25, 0.3) is 0 Å². The van der Waals surface area contributed by atoms with Gasteiger partial charge in [-0.2, -0.15) is 0 Å². The number of piperazine rings is 1. The molecule has 2 saturated heterocycles. The third-order valence-corrected chi connectivity index (χ3v) is 3.47. The predicted octanol–water partition coefficient (Wildman–Crippen LogP) is -0.489. The summed E-state index contributed by atoms with van der Waals surface area (Å²) in [6, 6.07) is 0.558. The Morgan fingerprint density at radius 3 is 2.50 bits per heavy atom. The van der Waals surface area contributed by atoms with E-state index in [9.17, 15) is 4.79 Å². The Hall–Kier alpha value is -0.610. The topological polar surface area (TPSA) is 35.6 Å². The van der Waals surface area contributed by atoms with Crippen molar-refractivity contribution in [1.29, 1.82) is 0 Å². The number of nitrogens with zero attached hydrogens (tertiary/aromatic N) is 2. The van der Waals surface area contributed by atoms with Crippen LogP contribution < -0.4 is 5.32 Å². The van der Waals surface area contributed by atoms with Gasteiger partial charge in [-0.1, -0.05) is 0 Å². The van der Waals surface area contributed by atoms with E-state index in [0.29, 0.717) is 6.04 Å². The van der Waals surface area contributed by atoms with Gasteiger partial charge in [-0.05, 0) is 13.8 Å². The molecule has 0 saturated carbocycles. The van der Waals surface area contributed by atoms with Crippen LogP contribution in [0.25, 0.3) is 0 Å². The lowest BCUT2D eigenvalue weighted by Gasteiger charge is -2.51. The molecule has 2 rings (SSSR count). The molecular weight excluding hydrogens is 178 g/mol. The largest absolute Gasteiger partial charge is 0.343 e. The van der Waals surface area contributed by atoms with Crippen LogP contribution in [-0.2, 0) is 4.79 Å². The van der Waals surface area contributed by atoms with Gasteiger partial charge >= 0.3 is 0 Å². The molecule has 0 aromatic heterocycles. The van der Waals surface area contributed by atoms with Gasteiger partial charge in [-0.3, -0.25) is 9.69 Å². The molecule has 2 aliphatic rings. The Labute approximate surface area is 85.2 Å². The molecule has 4 heteroatoms. The van der Waals surface area contributed by atoms with Crippen LogP contribution in [0.1, 0.15) is 13.8 Å². The quantitative estimate of drug-likeness (QED) is 0.616. The monoisotopic (exact) mass is 197 g/mol. The second kappa shape index (κ2) is 3.21. The molecule has 1 N–H and O–H groups in total. The summed E-state index contributed by atoms with van der Waals surface area (Å²) >= 11 is 0. The summed E-state index contributed by atoms with van der Waals surface area (Å²) in [6.07, 6.45) is 0. The van der Waals surface area contributed by atoms with Crippen LogP contribution in [0.5, 0.6) is 0 Å². The van der Waals surface area contributed by atoms with Crippen molar-refractivity contribution in [2.75, 3.05) is 33.2 Å². The summed E-state index contributed by atoms with van der Waals surface area (Å²) in [5.41, 5.74) is -0.320. The molecule has 0 aliphatic carbocycles. The van der Waals surface area contributed by atoms with E-state index in [4.69, 9.17) is 0 Å². The average Bonchev–Trinajstić information content (AvgIpc) is 2.04. The second-order valence-corrected chi connectivity index (χ2v) is 4.79. The Kier molecular flexibility index (Phi) is 2.27. The first-order chi connectivity index (χ1) is 6.53. The van der Waals surface area contributed by atoms with Gasteiger partial charge in [0.15, 0.2) is 0 Å². The van der Waals surface area contributed by atoms with E-state index in [2.05, 4.69) is 10.2 Å². The maximum atomic E-state index is 12.0. The standard InChI is InChI=1S/C10H19N3O/c1-10(2)9(14)12(3)4-5-13(10)8-6-11-7-8/h8,11H,4-7H2,1-3H3. The second-order valence-electron chi connectivity index (χ2n) is 4.79. The fourth-order valence-electron chi connectivity index (χ4n) is 2.36. The van der Waals surface area contributed by atoms with Crippen LogP contribution in [0, 0.1) is 0 Å². The van der Waals surface area contributed by atoms with Crippen molar-refractivity contribution >= 4 is 5.91 Å². The highest BCUT2D eigenvalue weighted by Gasteiger charge is 2.44. The van der Waals surface area contributed by atoms with Crippen LogP contribution in [0.4, 0.5) is 0 Å². The van der Waals surface area contributed by atoms with Gasteiger partial charge in [0.2, 0.25) is 5.91 Å². The number of likely N-dealkylation sites (N-methyl/N-ethyl adjacent to an activating group) is 1. The third kappa shape index (κ3) is 1.33. The molecule has 14 heavy (non-hydrogen) atoms. The summed E-state index contributed by atoms with van der Waals surface area (Å²) in [6.45, 7) is 7.98. The minimum Gasteiger partial charge on any atom is -0.343 e. The Bertz CT molecular complexity index is 248. The number of hydrogen-bond donors (Lipinski definition) is 1. The van der Waals surface area contributed by atoms with Crippen molar-refractivity contribution in [3.05, 3.63) is 0 Å². The fraction of sp³-hybridized carbons (Fsp3) is 0.900. The lowest BCUT2D eigenvalue weighted by Crippen LogP contribution is -2.70. The van der Waals surface area contributed by atoms with Gasteiger partial charge in [-0.25, -0.2) is 0 Å². The lowest BCUT2D eigenvalue weighted by molar-refractivity contribution is -0.150. The lowest BCUT2D eigenvalue weighted by atomic mass is 9.93. The average molecular weight is 197 g/mol. The molecule has 2 fully saturated rings. The molecular formula is C10H19N3O. The first-order valence-electron chi connectivity index (χ1n) is 5.26. The first kappa shape index (κ1) is 9.93. The van der Waals surface area contributed by atoms with Gasteiger partial charge in [0, 0.05) is 39.3 Å². The van der Waals surface area contributed by atoms with Crippen molar-refractivity contribution in [1.82, 2.24) is 15.1 Å². The zero-order chi connectivity index (χ0) is 10.3. The molecule has 4 nitrogen and oxygen atoms in total. The van der Waals surface area contributed by atoms with E-state index in [1.807, 2.05) is 25.8 Å². The van der Waals surface area contributed by atoms with Gasteiger partial charge in [0.05, 0.1) is 5.54 Å². The van der Waals surface area contributed by atoms with E-state index >= 15 is 0 Å². The minimum atomic E-state index is -0.320. The van der Waals surface area contributed by atoms with Crippen molar-refractivity contribution in [2.24, 2.45) is 0 Å². The highest BCUT2D eigenvalue weighted by Crippen LogP contribution is 2.25. The number of rotatable bonds is 1. The summed E-state index contributed by atoms with van der Waals surface area (Å²) < 4.78 is 0. The molecule has 1 amide bonds. The number of carbonyl (C=O) groups excluding carboxylic acids is 1. The van der Waals surface area contributed by atoms with Crippen molar-refractivity contribution in [3.63, 3.8) is 0 Å². The predicted molar refractivity (Wildman–Crippen MR) is 55.1 cm³/mol. The highest BCUT2D eigenvalue weighted by atomic mass is 16.2. The van der Waals surface area contributed by atoms with Gasteiger partial charge < -0.3 is 10.2 Å². The van der Waals surface area contributed by atoms with Gasteiger partial charge in [0.1, 0.15) is 0 Å². The summed E-state index contributed by atoms with van der Waals surface area (Å²) in [5.74, 6) is 0.246. The van der Waals surface area contributed by atoms with Crippen LogP contribution in [0.15, 0.2) is 0 Å². The molecule has 0 unspecified atom stereocenters. The zero-order valence-corrected chi connectivity index (χ0v) is 9.21. The van der Waals surface area contributed by atoms with Crippen LogP contribution in [0.2, 0.25) is 0 Å². The maximum Gasteiger partial charge on any atom is 0.242 e. The van der Waals surface area contributed by atoms with E-state index in [0.717, 1.165) is 26.2 Å². The highest BCUT2D eigenvalue weighted by molar-refractivity contribution is 5.86. The Morgan fingerprint density at radius 1 is 1.36 bits per heavy atom. The normalized spacial score (nSPS) is 29.1. The third-order valence-electron chi connectivity index (χ3n) is 3.47. The molecule has 0 spiro atoms. The molecule has 2 aliphatic heterocycles. The first-order valence-corrected chi connectivity index (χ1v) is 5.26. The molecule has 0 atom stereocenters. The maximum absolute atomic E-state index is 12.0. The smallest absolute Gasteiger partial charge is 0.242 e. The molecule has 0 aromatic rings. The number of nitrogens with one attached hydrogen (secondary N) is 1. The summed E-state index contributed by atoms with van der Waals surface area (Å²) in [7, 11) is 1.89. The summed E-state index contributed by atoms with van der Waals surface area (Å²) in [5, 5.41) is 3.26. The molecule has 0 aromatic carbocycles. The Morgan fingerprint density at radius 2 is 2.00 bits per heavy atom. The Balaban J connectivity index is 2.14. The van der Waals surface area contributed by atoms with Crippen molar-refractivity contribution in [3.8, 4) is 0 Å². The van der Waals surface area contributed by atoms with Crippen molar-refractivity contribution in [2.45, 2.75) is 25.4 Å². The SMILES string of the molecule is CN1CCN(C2CNC2)C(C)(C)C1=O.